The van der Waals surface area contributed by atoms with Crippen LogP contribution in [0.2, 0.25) is 0 Å². The first-order valence-electron chi connectivity index (χ1n) is 10.5. The third kappa shape index (κ3) is 4.50. The number of thiophene rings is 1. The molecule has 0 atom stereocenters. The predicted molar refractivity (Wildman–Crippen MR) is 133 cm³/mol. The first-order chi connectivity index (χ1) is 16.6. The molecule has 0 spiro atoms. The van der Waals surface area contributed by atoms with Gasteiger partial charge in [-0.05, 0) is 48.7 Å². The van der Waals surface area contributed by atoms with E-state index >= 15 is 0 Å². The molecule has 0 fully saturated rings. The number of methoxy groups -OCH3 is 1. The molecule has 34 heavy (non-hydrogen) atoms. The monoisotopic (exact) mass is 491 g/mol. The summed E-state index contributed by atoms with van der Waals surface area (Å²) in [6.07, 6.45) is 1.95. The van der Waals surface area contributed by atoms with Gasteiger partial charge in [0.25, 0.3) is 5.91 Å². The smallest absolute Gasteiger partial charge is 0.263 e. The Hall–Kier alpha value is -3.76. The number of hydrogen-bond acceptors (Lipinski definition) is 8. The fraction of sp³-hybridized carbons (Fsp3) is 0.167. The maximum Gasteiger partial charge on any atom is 0.263 e. The number of ether oxygens (including phenoxy) is 2. The van der Waals surface area contributed by atoms with Crippen LogP contribution in [-0.4, -0.2) is 45.8 Å². The molecule has 0 saturated heterocycles. The second kappa shape index (κ2) is 9.62. The first-order valence-corrected chi connectivity index (χ1v) is 12.2. The number of carbonyl (C=O) groups excluding carboxylic acids is 1. The van der Waals surface area contributed by atoms with Crippen LogP contribution in [0.5, 0.6) is 11.6 Å². The number of nitrogens with zero attached hydrogens (tertiary/aromatic N) is 4. The summed E-state index contributed by atoms with van der Waals surface area (Å²) >= 11 is 2.97. The van der Waals surface area contributed by atoms with Gasteiger partial charge in [-0.2, -0.15) is 0 Å². The van der Waals surface area contributed by atoms with Crippen molar-refractivity contribution in [1.29, 1.82) is 0 Å². The molecule has 8 nitrogen and oxygen atoms in total. The lowest BCUT2D eigenvalue weighted by atomic mass is 10.2. The average molecular weight is 492 g/mol. The van der Waals surface area contributed by atoms with E-state index in [2.05, 4.69) is 20.5 Å². The van der Waals surface area contributed by atoms with Gasteiger partial charge in [0.15, 0.2) is 4.96 Å². The van der Waals surface area contributed by atoms with Crippen molar-refractivity contribution < 1.29 is 14.3 Å². The van der Waals surface area contributed by atoms with Gasteiger partial charge in [0.05, 0.1) is 24.2 Å². The van der Waals surface area contributed by atoms with E-state index in [0.29, 0.717) is 23.9 Å². The van der Waals surface area contributed by atoms with E-state index in [1.54, 1.807) is 24.5 Å². The summed E-state index contributed by atoms with van der Waals surface area (Å²) in [6.45, 7) is 2.56. The number of imidazole rings is 1. The van der Waals surface area contributed by atoms with Crippen molar-refractivity contribution in [1.82, 2.24) is 24.9 Å². The molecule has 0 radical (unpaired) electrons. The van der Waals surface area contributed by atoms with Crippen LogP contribution in [0.4, 0.5) is 0 Å². The molecular formula is C24H21N5O3S2. The summed E-state index contributed by atoms with van der Waals surface area (Å²) in [7, 11) is 1.64. The number of amides is 1. The zero-order valence-electron chi connectivity index (χ0n) is 18.5. The van der Waals surface area contributed by atoms with Crippen molar-refractivity contribution in [2.45, 2.75) is 6.92 Å². The summed E-state index contributed by atoms with van der Waals surface area (Å²) in [5.41, 5.74) is 3.50. The van der Waals surface area contributed by atoms with E-state index in [9.17, 15) is 4.79 Å². The fourth-order valence-corrected chi connectivity index (χ4v) is 5.13. The number of aromatic nitrogens is 4. The molecule has 172 valence electrons. The summed E-state index contributed by atoms with van der Waals surface area (Å²) in [4.78, 5) is 19.8. The second-order valence-corrected chi connectivity index (χ2v) is 9.29. The lowest BCUT2D eigenvalue weighted by molar-refractivity contribution is 0.0949. The Labute approximate surface area is 203 Å². The van der Waals surface area contributed by atoms with E-state index < -0.39 is 0 Å². The molecular weight excluding hydrogens is 470 g/mol. The maximum atomic E-state index is 12.7. The van der Waals surface area contributed by atoms with Gasteiger partial charge in [-0.3, -0.25) is 9.20 Å². The molecule has 0 aliphatic carbocycles. The number of rotatable bonds is 8. The highest BCUT2D eigenvalue weighted by Crippen LogP contribution is 2.28. The molecule has 10 heteroatoms. The van der Waals surface area contributed by atoms with Gasteiger partial charge < -0.3 is 14.8 Å². The molecule has 0 saturated carbocycles. The van der Waals surface area contributed by atoms with E-state index in [-0.39, 0.29) is 5.91 Å². The summed E-state index contributed by atoms with van der Waals surface area (Å²) in [6, 6.07) is 15.4. The van der Waals surface area contributed by atoms with Crippen LogP contribution in [0.15, 0.2) is 60.1 Å². The summed E-state index contributed by atoms with van der Waals surface area (Å²) in [5, 5.41) is 13.2. The molecule has 5 rings (SSSR count). The minimum atomic E-state index is -0.151. The fourth-order valence-electron chi connectivity index (χ4n) is 3.41. The molecule has 4 heterocycles. The third-order valence-electron chi connectivity index (χ3n) is 5.20. The molecule has 5 aromatic rings. The summed E-state index contributed by atoms with van der Waals surface area (Å²) < 4.78 is 12.8. The molecule has 0 aliphatic rings. The largest absolute Gasteiger partial charge is 0.497 e. The number of nitrogens with one attached hydrogen (secondary N) is 1. The Morgan fingerprint density at radius 3 is 2.62 bits per heavy atom. The maximum absolute atomic E-state index is 12.7. The topological polar surface area (TPSA) is 90.6 Å². The Balaban J connectivity index is 1.17. The molecule has 0 aliphatic heterocycles. The Bertz CT molecular complexity index is 1410. The van der Waals surface area contributed by atoms with Gasteiger partial charge in [0, 0.05) is 23.5 Å². The van der Waals surface area contributed by atoms with Crippen molar-refractivity contribution in [3.05, 3.63) is 70.7 Å². The molecule has 4 aromatic heterocycles. The Kier molecular flexibility index (Phi) is 6.24. The van der Waals surface area contributed by atoms with Crippen molar-refractivity contribution in [2.75, 3.05) is 20.3 Å². The quantitative estimate of drug-likeness (QED) is 0.316. The second-order valence-electron chi connectivity index (χ2n) is 7.36. The van der Waals surface area contributed by atoms with Gasteiger partial charge in [-0.1, -0.05) is 17.4 Å². The average Bonchev–Trinajstić information content (AvgIpc) is 3.61. The van der Waals surface area contributed by atoms with Gasteiger partial charge in [-0.25, -0.2) is 4.98 Å². The highest BCUT2D eigenvalue weighted by molar-refractivity contribution is 7.19. The Morgan fingerprint density at radius 2 is 1.94 bits per heavy atom. The van der Waals surface area contributed by atoms with Crippen molar-refractivity contribution in [3.8, 4) is 33.5 Å². The lowest BCUT2D eigenvalue weighted by Gasteiger charge is -2.06. The van der Waals surface area contributed by atoms with Gasteiger partial charge in [-0.15, -0.1) is 21.5 Å². The van der Waals surface area contributed by atoms with E-state index in [0.717, 1.165) is 38.2 Å². The normalized spacial score (nSPS) is 11.0. The number of hydrogen-bond donors (Lipinski definition) is 1. The SMILES string of the molecule is COc1ccc(-c2cn3c(C)c(C(=O)NCCOc4ccc(-c5cccs5)nn4)sc3n2)cc1. The minimum Gasteiger partial charge on any atom is -0.497 e. The van der Waals surface area contributed by atoms with Gasteiger partial charge in [0.1, 0.15) is 22.9 Å². The molecule has 1 N–H and O–H groups in total. The zero-order valence-corrected chi connectivity index (χ0v) is 20.2. The van der Waals surface area contributed by atoms with Crippen LogP contribution in [0.25, 0.3) is 26.8 Å². The zero-order chi connectivity index (χ0) is 23.5. The molecule has 0 bridgehead atoms. The number of aryl methyl sites for hydroxylation is 1. The van der Waals surface area contributed by atoms with E-state index in [4.69, 9.17) is 9.47 Å². The van der Waals surface area contributed by atoms with E-state index in [1.165, 1.54) is 11.3 Å². The minimum absolute atomic E-state index is 0.151. The summed E-state index contributed by atoms with van der Waals surface area (Å²) in [5.74, 6) is 1.07. The molecule has 0 unspecified atom stereocenters. The lowest BCUT2D eigenvalue weighted by Crippen LogP contribution is -2.28. The standard InChI is InChI=1S/C24H21N5O3S2/c1-15-22(34-24-26-19(14-29(15)24)16-5-7-17(31-2)8-6-16)23(30)25-11-12-32-21-10-9-18(27-28-21)20-4-3-13-33-20/h3-10,13-14H,11-12H2,1-2H3,(H,25,30). The van der Waals surface area contributed by atoms with Gasteiger partial charge in [0.2, 0.25) is 5.88 Å². The van der Waals surface area contributed by atoms with Crippen molar-refractivity contribution >= 4 is 33.5 Å². The highest BCUT2D eigenvalue weighted by atomic mass is 32.1. The van der Waals surface area contributed by atoms with Crippen molar-refractivity contribution in [2.24, 2.45) is 0 Å². The predicted octanol–water partition coefficient (Wildman–Crippen LogP) is 4.71. The van der Waals surface area contributed by atoms with Crippen LogP contribution in [0.3, 0.4) is 0 Å². The number of fused-ring (bicyclic) bond motifs is 1. The van der Waals surface area contributed by atoms with Crippen LogP contribution in [0, 0.1) is 6.92 Å². The van der Waals surface area contributed by atoms with E-state index in [1.807, 2.05) is 65.4 Å². The third-order valence-corrected chi connectivity index (χ3v) is 7.25. The van der Waals surface area contributed by atoms with Crippen molar-refractivity contribution in [3.63, 3.8) is 0 Å². The highest BCUT2D eigenvalue weighted by Gasteiger charge is 2.18. The van der Waals surface area contributed by atoms with Crippen LogP contribution < -0.4 is 14.8 Å². The van der Waals surface area contributed by atoms with Gasteiger partial charge >= 0.3 is 0 Å². The first kappa shape index (κ1) is 22.1. The van der Waals surface area contributed by atoms with Crippen LogP contribution in [-0.2, 0) is 0 Å². The Morgan fingerprint density at radius 1 is 1.09 bits per heavy atom. The van der Waals surface area contributed by atoms with Crippen LogP contribution in [0.1, 0.15) is 15.4 Å². The molecule has 1 amide bonds. The number of thiazole rings is 1. The number of carbonyl (C=O) groups is 1. The molecule has 1 aromatic carbocycles. The number of benzene rings is 1. The van der Waals surface area contributed by atoms with Crippen LogP contribution >= 0.6 is 22.7 Å².